The van der Waals surface area contributed by atoms with Crippen LogP contribution in [0, 0.1) is 0 Å². The molecule has 0 aliphatic heterocycles. The van der Waals surface area contributed by atoms with Crippen LogP contribution < -0.4 is 0 Å². The molecule has 2 heteroatoms. The lowest BCUT2D eigenvalue weighted by atomic mass is 9.78. The lowest BCUT2D eigenvalue weighted by Gasteiger charge is -2.36. The van der Waals surface area contributed by atoms with Crippen LogP contribution in [0.3, 0.4) is 0 Å². The minimum absolute atomic E-state index is 0.362. The van der Waals surface area contributed by atoms with Crippen molar-refractivity contribution in [3.8, 4) is 0 Å². The van der Waals surface area contributed by atoms with E-state index in [9.17, 15) is 4.79 Å². The van der Waals surface area contributed by atoms with Crippen LogP contribution in [0.2, 0.25) is 0 Å². The Bertz CT molecular complexity index is 1120. The topological polar surface area (TPSA) is 26.3 Å². The van der Waals surface area contributed by atoms with E-state index in [1.165, 1.54) is 0 Å². The number of fused-ring (bicyclic) bond motifs is 1. The maximum atomic E-state index is 12.9. The minimum atomic E-state index is -1.10. The standard InChI is InChI=1S/C27H22O2/c1-20(2)26(28)29-27(22-14-5-3-6-15-22,23-16-7-4-8-17-23)25-19-11-13-21-12-9-10-18-24(21)25/h3-19H,1H2,2H3. The second-order valence-electron chi connectivity index (χ2n) is 7.11. The van der Waals surface area contributed by atoms with Crippen molar-refractivity contribution in [3.05, 3.63) is 132 Å². The average molecular weight is 378 g/mol. The van der Waals surface area contributed by atoms with E-state index in [0.717, 1.165) is 27.5 Å². The van der Waals surface area contributed by atoms with Crippen LogP contribution in [0.25, 0.3) is 10.8 Å². The number of hydrogen-bond acceptors (Lipinski definition) is 2. The molecule has 0 bridgehead atoms. The first kappa shape index (κ1) is 18.7. The fourth-order valence-electron chi connectivity index (χ4n) is 3.75. The van der Waals surface area contributed by atoms with Crippen LogP contribution in [-0.4, -0.2) is 5.97 Å². The first-order valence-electron chi connectivity index (χ1n) is 9.61. The van der Waals surface area contributed by atoms with E-state index in [1.54, 1.807) is 6.92 Å². The third-order valence-electron chi connectivity index (χ3n) is 5.12. The zero-order valence-corrected chi connectivity index (χ0v) is 16.3. The Labute approximate surface area is 171 Å². The number of carbonyl (C=O) groups is 1. The predicted octanol–water partition coefficient (Wildman–Crippen LogP) is 6.25. The molecule has 0 N–H and O–H groups in total. The average Bonchev–Trinajstić information content (AvgIpc) is 2.78. The molecule has 142 valence electrons. The summed E-state index contributed by atoms with van der Waals surface area (Å²) in [5, 5.41) is 2.13. The fraction of sp³-hybridized carbons (Fsp3) is 0.0741. The molecule has 0 aromatic heterocycles. The normalized spacial score (nSPS) is 11.2. The molecule has 2 nitrogen and oxygen atoms in total. The summed E-state index contributed by atoms with van der Waals surface area (Å²) in [5.74, 6) is -0.425. The van der Waals surface area contributed by atoms with Gasteiger partial charge in [-0.3, -0.25) is 0 Å². The second-order valence-corrected chi connectivity index (χ2v) is 7.11. The Morgan fingerprint density at radius 2 is 1.24 bits per heavy atom. The number of ether oxygens (including phenoxy) is 1. The first-order valence-corrected chi connectivity index (χ1v) is 9.61. The van der Waals surface area contributed by atoms with Gasteiger partial charge >= 0.3 is 5.97 Å². The summed E-state index contributed by atoms with van der Waals surface area (Å²) in [6.45, 7) is 5.48. The largest absolute Gasteiger partial charge is 0.441 e. The molecule has 29 heavy (non-hydrogen) atoms. The smallest absolute Gasteiger partial charge is 0.334 e. The van der Waals surface area contributed by atoms with Crippen LogP contribution in [0.1, 0.15) is 23.6 Å². The summed E-state index contributed by atoms with van der Waals surface area (Å²) in [6, 6.07) is 34.1. The van der Waals surface area contributed by atoms with Gasteiger partial charge in [-0.2, -0.15) is 0 Å². The molecule has 0 saturated heterocycles. The SMILES string of the molecule is C=C(C)C(=O)OC(c1ccccc1)(c1ccccc1)c1cccc2ccccc12. The second kappa shape index (κ2) is 7.76. The van der Waals surface area contributed by atoms with E-state index in [2.05, 4.69) is 24.8 Å². The summed E-state index contributed by atoms with van der Waals surface area (Å²) in [6.07, 6.45) is 0. The fourth-order valence-corrected chi connectivity index (χ4v) is 3.75. The predicted molar refractivity (Wildman–Crippen MR) is 118 cm³/mol. The van der Waals surface area contributed by atoms with Gasteiger partial charge in [0.2, 0.25) is 0 Å². The molecule has 4 aromatic rings. The summed E-state index contributed by atoms with van der Waals surface area (Å²) in [4.78, 5) is 12.9. The summed E-state index contributed by atoms with van der Waals surface area (Å²) >= 11 is 0. The van der Waals surface area contributed by atoms with Crippen molar-refractivity contribution >= 4 is 16.7 Å². The van der Waals surface area contributed by atoms with Gasteiger partial charge in [0, 0.05) is 22.3 Å². The maximum Gasteiger partial charge on any atom is 0.334 e. The first-order chi connectivity index (χ1) is 14.1. The minimum Gasteiger partial charge on any atom is -0.441 e. The quantitative estimate of drug-likeness (QED) is 0.233. The van der Waals surface area contributed by atoms with Gasteiger partial charge in [0.05, 0.1) is 0 Å². The van der Waals surface area contributed by atoms with Gasteiger partial charge in [-0.25, -0.2) is 4.79 Å². The van der Waals surface area contributed by atoms with E-state index >= 15 is 0 Å². The Kier molecular flexibility index (Phi) is 5.01. The van der Waals surface area contributed by atoms with Gasteiger partial charge in [-0.1, -0.05) is 110 Å². The van der Waals surface area contributed by atoms with Crippen molar-refractivity contribution in [1.82, 2.24) is 0 Å². The van der Waals surface area contributed by atoms with Crippen LogP contribution in [-0.2, 0) is 15.1 Å². The summed E-state index contributed by atoms with van der Waals surface area (Å²) in [5.41, 5.74) is 1.96. The zero-order valence-electron chi connectivity index (χ0n) is 16.3. The highest BCUT2D eigenvalue weighted by Crippen LogP contribution is 2.43. The number of carbonyl (C=O) groups excluding carboxylic acids is 1. The Morgan fingerprint density at radius 1 is 0.724 bits per heavy atom. The van der Waals surface area contributed by atoms with Crippen LogP contribution in [0.5, 0.6) is 0 Å². The van der Waals surface area contributed by atoms with Crippen LogP contribution in [0.4, 0.5) is 0 Å². The molecule has 0 amide bonds. The maximum absolute atomic E-state index is 12.9. The molecule has 0 radical (unpaired) electrons. The number of hydrogen-bond donors (Lipinski definition) is 0. The molecule has 0 heterocycles. The third-order valence-corrected chi connectivity index (χ3v) is 5.12. The highest BCUT2D eigenvalue weighted by molar-refractivity contribution is 5.91. The van der Waals surface area contributed by atoms with Gasteiger partial charge in [0.15, 0.2) is 5.60 Å². The molecule has 4 rings (SSSR count). The number of rotatable bonds is 5. The highest BCUT2D eigenvalue weighted by Gasteiger charge is 2.41. The molecule has 0 fully saturated rings. The molecule has 0 unspecified atom stereocenters. The molecule has 0 aliphatic carbocycles. The molecule has 0 aliphatic rings. The van der Waals surface area contributed by atoms with Gasteiger partial charge < -0.3 is 4.74 Å². The van der Waals surface area contributed by atoms with Crippen LogP contribution in [0.15, 0.2) is 115 Å². The molecule has 4 aromatic carbocycles. The molecular weight excluding hydrogens is 356 g/mol. The van der Waals surface area contributed by atoms with Crippen molar-refractivity contribution in [2.45, 2.75) is 12.5 Å². The van der Waals surface area contributed by atoms with E-state index in [4.69, 9.17) is 4.74 Å². The van der Waals surface area contributed by atoms with Crippen molar-refractivity contribution < 1.29 is 9.53 Å². The van der Waals surface area contributed by atoms with Crippen LogP contribution >= 0.6 is 0 Å². The van der Waals surface area contributed by atoms with Crippen molar-refractivity contribution in [2.24, 2.45) is 0 Å². The van der Waals surface area contributed by atoms with E-state index in [0.29, 0.717) is 5.57 Å². The van der Waals surface area contributed by atoms with Crippen molar-refractivity contribution in [1.29, 1.82) is 0 Å². The zero-order chi connectivity index (χ0) is 20.3. The molecule has 0 saturated carbocycles. The van der Waals surface area contributed by atoms with Crippen molar-refractivity contribution in [3.63, 3.8) is 0 Å². The van der Waals surface area contributed by atoms with Gasteiger partial charge in [0.25, 0.3) is 0 Å². The van der Waals surface area contributed by atoms with E-state index in [1.807, 2.05) is 84.9 Å². The van der Waals surface area contributed by atoms with Gasteiger partial charge in [0.1, 0.15) is 0 Å². The van der Waals surface area contributed by atoms with Gasteiger partial charge in [-0.05, 0) is 17.7 Å². The van der Waals surface area contributed by atoms with Gasteiger partial charge in [-0.15, -0.1) is 0 Å². The number of esters is 1. The monoisotopic (exact) mass is 378 g/mol. The van der Waals surface area contributed by atoms with E-state index in [-0.39, 0.29) is 0 Å². The number of benzene rings is 4. The summed E-state index contributed by atoms with van der Waals surface area (Å²) < 4.78 is 6.33. The Morgan fingerprint density at radius 3 is 1.83 bits per heavy atom. The Balaban J connectivity index is 2.12. The Hall–Kier alpha value is -3.65. The lowest BCUT2D eigenvalue weighted by molar-refractivity contribution is -0.148. The molecule has 0 atom stereocenters. The third kappa shape index (κ3) is 3.34. The summed E-state index contributed by atoms with van der Waals surface area (Å²) in [7, 11) is 0. The highest BCUT2D eigenvalue weighted by atomic mass is 16.6. The lowest BCUT2D eigenvalue weighted by Crippen LogP contribution is -2.35. The molecule has 0 spiro atoms. The van der Waals surface area contributed by atoms with Crippen molar-refractivity contribution in [2.75, 3.05) is 0 Å². The molecular formula is C27H22O2. The van der Waals surface area contributed by atoms with E-state index < -0.39 is 11.6 Å².